The Labute approximate surface area is 92.5 Å². The molecule has 1 heterocycles. The van der Waals surface area contributed by atoms with Crippen molar-refractivity contribution in [3.63, 3.8) is 0 Å². The van der Waals surface area contributed by atoms with Crippen LogP contribution in [0.3, 0.4) is 0 Å². The quantitative estimate of drug-likeness (QED) is 0.532. The molecule has 1 fully saturated rings. The van der Waals surface area contributed by atoms with Crippen molar-refractivity contribution in [1.29, 1.82) is 0 Å². The minimum absolute atomic E-state index is 0.447. The van der Waals surface area contributed by atoms with E-state index in [-0.39, 0.29) is 0 Å². The van der Waals surface area contributed by atoms with E-state index in [2.05, 4.69) is 4.74 Å². The molecule has 1 aliphatic rings. The van der Waals surface area contributed by atoms with Crippen molar-refractivity contribution in [3.05, 3.63) is 12.2 Å². The molecule has 1 amide bonds. The van der Waals surface area contributed by atoms with Crippen LogP contribution in [-0.4, -0.2) is 47.5 Å². The molecule has 16 heavy (non-hydrogen) atoms. The number of esters is 1. The van der Waals surface area contributed by atoms with Crippen LogP contribution < -0.4 is 0 Å². The zero-order valence-corrected chi connectivity index (χ0v) is 8.88. The van der Waals surface area contributed by atoms with Gasteiger partial charge in [-0.05, 0) is 12.8 Å². The van der Waals surface area contributed by atoms with Crippen molar-refractivity contribution in [2.45, 2.75) is 18.9 Å². The van der Waals surface area contributed by atoms with Gasteiger partial charge in [-0.3, -0.25) is 4.79 Å². The summed E-state index contributed by atoms with van der Waals surface area (Å²) in [5.41, 5.74) is 0. The van der Waals surface area contributed by atoms with Gasteiger partial charge in [-0.15, -0.1) is 0 Å². The number of carboxylic acids is 1. The van der Waals surface area contributed by atoms with Crippen LogP contribution >= 0.6 is 0 Å². The summed E-state index contributed by atoms with van der Waals surface area (Å²) in [5.74, 6) is -2.13. The fraction of sp³-hybridized carbons (Fsp3) is 0.500. The van der Waals surface area contributed by atoms with Crippen LogP contribution in [0.2, 0.25) is 0 Å². The molecule has 88 valence electrons. The van der Waals surface area contributed by atoms with Gasteiger partial charge in [-0.2, -0.15) is 0 Å². The molecule has 0 aliphatic carbocycles. The average molecular weight is 227 g/mol. The Kier molecular flexibility index (Phi) is 4.04. The first-order valence-electron chi connectivity index (χ1n) is 4.85. The topological polar surface area (TPSA) is 83.9 Å². The van der Waals surface area contributed by atoms with E-state index < -0.39 is 23.9 Å². The Hall–Kier alpha value is -1.85. The Morgan fingerprint density at radius 3 is 2.62 bits per heavy atom. The van der Waals surface area contributed by atoms with Gasteiger partial charge < -0.3 is 14.7 Å². The number of amides is 1. The smallest absolute Gasteiger partial charge is 0.328 e. The molecule has 6 heteroatoms. The Balaban J connectivity index is 2.68. The van der Waals surface area contributed by atoms with Gasteiger partial charge in [0.25, 0.3) is 0 Å². The molecule has 0 aromatic heterocycles. The largest absolute Gasteiger partial charge is 0.478 e. The lowest BCUT2D eigenvalue weighted by molar-refractivity contribution is -0.149. The van der Waals surface area contributed by atoms with Crippen molar-refractivity contribution in [3.8, 4) is 0 Å². The first kappa shape index (κ1) is 12.2. The SMILES string of the molecule is COC(=O)C1CCCN1C(=O)/C=C/C(=O)O. The molecule has 0 bridgehead atoms. The van der Waals surface area contributed by atoms with Crippen molar-refractivity contribution in [2.24, 2.45) is 0 Å². The number of rotatable bonds is 3. The summed E-state index contributed by atoms with van der Waals surface area (Å²) in [4.78, 5) is 34.4. The Bertz CT molecular complexity index is 336. The van der Waals surface area contributed by atoms with E-state index in [1.54, 1.807) is 0 Å². The van der Waals surface area contributed by atoms with Gasteiger partial charge in [0.15, 0.2) is 0 Å². The molecule has 0 saturated carbocycles. The van der Waals surface area contributed by atoms with E-state index in [9.17, 15) is 14.4 Å². The lowest BCUT2D eigenvalue weighted by Crippen LogP contribution is -2.40. The number of aliphatic carboxylic acids is 1. The molecule has 0 aromatic rings. The van der Waals surface area contributed by atoms with Gasteiger partial charge in [-0.25, -0.2) is 9.59 Å². The van der Waals surface area contributed by atoms with Crippen LogP contribution in [0.15, 0.2) is 12.2 Å². The van der Waals surface area contributed by atoms with Gasteiger partial charge >= 0.3 is 11.9 Å². The van der Waals surface area contributed by atoms with Crippen LogP contribution in [0.25, 0.3) is 0 Å². The van der Waals surface area contributed by atoms with Gasteiger partial charge in [0.05, 0.1) is 7.11 Å². The van der Waals surface area contributed by atoms with Crippen molar-refractivity contribution in [2.75, 3.05) is 13.7 Å². The zero-order valence-electron chi connectivity index (χ0n) is 8.88. The van der Waals surface area contributed by atoms with E-state index in [4.69, 9.17) is 5.11 Å². The van der Waals surface area contributed by atoms with Crippen LogP contribution in [0.5, 0.6) is 0 Å². The van der Waals surface area contributed by atoms with Gasteiger partial charge in [-0.1, -0.05) is 0 Å². The molecule has 1 atom stereocenters. The summed E-state index contributed by atoms with van der Waals surface area (Å²) in [7, 11) is 1.26. The van der Waals surface area contributed by atoms with Crippen molar-refractivity contribution < 1.29 is 24.2 Å². The van der Waals surface area contributed by atoms with Crippen LogP contribution in [0.1, 0.15) is 12.8 Å². The highest BCUT2D eigenvalue weighted by Crippen LogP contribution is 2.18. The zero-order chi connectivity index (χ0) is 12.1. The highest BCUT2D eigenvalue weighted by Gasteiger charge is 2.33. The highest BCUT2D eigenvalue weighted by atomic mass is 16.5. The molecule has 0 aromatic carbocycles. The number of nitrogens with zero attached hydrogens (tertiary/aromatic N) is 1. The fourth-order valence-electron chi connectivity index (χ4n) is 1.65. The summed E-state index contributed by atoms with van der Waals surface area (Å²) in [6, 6.07) is -0.587. The molecular formula is C10H13NO5. The molecule has 6 nitrogen and oxygen atoms in total. The van der Waals surface area contributed by atoms with Gasteiger partial charge in [0, 0.05) is 18.7 Å². The van der Waals surface area contributed by atoms with E-state index in [1.807, 2.05) is 0 Å². The van der Waals surface area contributed by atoms with Crippen LogP contribution in [0, 0.1) is 0 Å². The lowest BCUT2D eigenvalue weighted by atomic mass is 10.2. The van der Waals surface area contributed by atoms with Crippen molar-refractivity contribution >= 4 is 17.8 Å². The monoisotopic (exact) mass is 227 g/mol. The van der Waals surface area contributed by atoms with Gasteiger partial charge in [0.1, 0.15) is 6.04 Å². The second-order valence-electron chi connectivity index (χ2n) is 3.38. The number of methoxy groups -OCH3 is 1. The van der Waals surface area contributed by atoms with Crippen molar-refractivity contribution in [1.82, 2.24) is 4.90 Å². The fourth-order valence-corrected chi connectivity index (χ4v) is 1.65. The molecule has 1 N–H and O–H groups in total. The van der Waals surface area contributed by atoms with E-state index in [0.717, 1.165) is 12.2 Å². The van der Waals surface area contributed by atoms with E-state index in [0.29, 0.717) is 19.4 Å². The number of likely N-dealkylation sites (tertiary alicyclic amines) is 1. The third-order valence-corrected chi connectivity index (χ3v) is 2.38. The maximum absolute atomic E-state index is 11.5. The number of ether oxygens (including phenoxy) is 1. The highest BCUT2D eigenvalue weighted by molar-refractivity contribution is 5.96. The first-order chi connectivity index (χ1) is 7.56. The number of hydrogen-bond acceptors (Lipinski definition) is 4. The number of carbonyl (C=O) groups is 3. The average Bonchev–Trinajstić information content (AvgIpc) is 2.73. The molecular weight excluding hydrogens is 214 g/mol. The minimum Gasteiger partial charge on any atom is -0.478 e. The van der Waals surface area contributed by atoms with Crippen LogP contribution in [-0.2, 0) is 19.1 Å². The summed E-state index contributed by atoms with van der Waals surface area (Å²) >= 11 is 0. The predicted octanol–water partition coefficient (Wildman–Crippen LogP) is -0.209. The molecule has 1 rings (SSSR count). The predicted molar refractivity (Wildman–Crippen MR) is 53.5 cm³/mol. The van der Waals surface area contributed by atoms with E-state index in [1.165, 1.54) is 12.0 Å². The summed E-state index contributed by atoms with van der Waals surface area (Å²) in [5, 5.41) is 8.38. The first-order valence-corrected chi connectivity index (χ1v) is 4.85. The summed E-state index contributed by atoms with van der Waals surface area (Å²) < 4.78 is 4.57. The third-order valence-electron chi connectivity index (χ3n) is 2.38. The molecule has 0 spiro atoms. The Morgan fingerprint density at radius 1 is 1.38 bits per heavy atom. The number of carboxylic acid groups (broad SMARTS) is 1. The maximum Gasteiger partial charge on any atom is 0.328 e. The normalized spacial score (nSPS) is 20.1. The maximum atomic E-state index is 11.5. The van der Waals surface area contributed by atoms with E-state index >= 15 is 0 Å². The number of carbonyl (C=O) groups excluding carboxylic acids is 2. The number of hydrogen-bond donors (Lipinski definition) is 1. The molecule has 0 radical (unpaired) electrons. The second-order valence-corrected chi connectivity index (χ2v) is 3.38. The minimum atomic E-state index is -1.19. The molecule has 1 saturated heterocycles. The second kappa shape index (κ2) is 5.29. The Morgan fingerprint density at radius 2 is 2.06 bits per heavy atom. The third kappa shape index (κ3) is 2.82. The lowest BCUT2D eigenvalue weighted by Gasteiger charge is -2.20. The summed E-state index contributed by atoms with van der Waals surface area (Å²) in [6.07, 6.45) is 2.98. The summed E-state index contributed by atoms with van der Waals surface area (Å²) in [6.45, 7) is 0.447. The van der Waals surface area contributed by atoms with Gasteiger partial charge in [0.2, 0.25) is 5.91 Å². The molecule has 1 unspecified atom stereocenters. The van der Waals surface area contributed by atoms with Crippen LogP contribution in [0.4, 0.5) is 0 Å². The standard InChI is InChI=1S/C10H13NO5/c1-16-10(15)7-3-2-6-11(7)8(12)4-5-9(13)14/h4-5,7H,2-3,6H2,1H3,(H,13,14)/b5-4+. The molecule has 1 aliphatic heterocycles.